The van der Waals surface area contributed by atoms with E-state index in [1.54, 1.807) is 0 Å². The van der Waals surface area contributed by atoms with Crippen LogP contribution in [0, 0.1) is 6.92 Å². The average molecular weight is 284 g/mol. The molecule has 0 radical (unpaired) electrons. The van der Waals surface area contributed by atoms with Gasteiger partial charge in [0, 0.05) is 30.8 Å². The minimum Gasteiger partial charge on any atom is -0.370 e. The maximum absolute atomic E-state index is 4.76. The number of para-hydroxylation sites is 1. The summed E-state index contributed by atoms with van der Waals surface area (Å²) in [5.74, 6) is 2.81. The lowest BCUT2D eigenvalue weighted by Crippen LogP contribution is -2.20. The molecule has 1 aromatic carbocycles. The highest BCUT2D eigenvalue weighted by molar-refractivity contribution is 5.67. The van der Waals surface area contributed by atoms with Crippen LogP contribution in [0.2, 0.25) is 0 Å². The number of benzene rings is 1. The number of aryl methyl sites for hydroxylation is 1. The van der Waals surface area contributed by atoms with Crippen LogP contribution < -0.4 is 10.2 Å². The van der Waals surface area contributed by atoms with Gasteiger partial charge >= 0.3 is 0 Å². The Bertz CT molecular complexity index is 581. The molecule has 2 aromatic rings. The number of hydrogen-bond acceptors (Lipinski definition) is 4. The van der Waals surface area contributed by atoms with Gasteiger partial charge in [-0.25, -0.2) is 9.97 Å². The molecule has 0 aliphatic rings. The Kier molecular flexibility index (Phi) is 5.14. The van der Waals surface area contributed by atoms with Crippen LogP contribution in [0.3, 0.4) is 0 Å². The molecule has 0 saturated heterocycles. The van der Waals surface area contributed by atoms with Crippen LogP contribution in [-0.4, -0.2) is 23.1 Å². The normalized spacial score (nSPS) is 10.5. The van der Waals surface area contributed by atoms with Crippen LogP contribution in [0.4, 0.5) is 17.3 Å². The van der Waals surface area contributed by atoms with Gasteiger partial charge < -0.3 is 10.2 Å². The number of anilines is 3. The highest BCUT2D eigenvalue weighted by atomic mass is 15.2. The molecule has 112 valence electrons. The zero-order chi connectivity index (χ0) is 15.2. The van der Waals surface area contributed by atoms with Gasteiger partial charge in [0.25, 0.3) is 0 Å². The molecule has 4 heteroatoms. The lowest BCUT2D eigenvalue weighted by Gasteiger charge is -2.25. The molecule has 2 rings (SSSR count). The predicted octanol–water partition coefficient (Wildman–Crippen LogP) is 3.94. The Morgan fingerprint density at radius 3 is 2.33 bits per heavy atom. The summed E-state index contributed by atoms with van der Waals surface area (Å²) in [6, 6.07) is 10.4. The van der Waals surface area contributed by atoms with E-state index < -0.39 is 0 Å². The van der Waals surface area contributed by atoms with Gasteiger partial charge in [0.15, 0.2) is 0 Å². The molecule has 0 unspecified atom stereocenters. The second-order valence-electron chi connectivity index (χ2n) is 4.90. The van der Waals surface area contributed by atoms with Gasteiger partial charge in [-0.15, -0.1) is 0 Å². The molecule has 4 nitrogen and oxygen atoms in total. The van der Waals surface area contributed by atoms with Crippen molar-refractivity contribution in [1.29, 1.82) is 0 Å². The Morgan fingerprint density at radius 1 is 1.05 bits per heavy atom. The summed E-state index contributed by atoms with van der Waals surface area (Å²) >= 11 is 0. The fourth-order valence-corrected chi connectivity index (χ4v) is 2.37. The minimum absolute atomic E-state index is 0.831. The van der Waals surface area contributed by atoms with Gasteiger partial charge in [-0.05, 0) is 32.9 Å². The van der Waals surface area contributed by atoms with Gasteiger partial charge in [-0.1, -0.05) is 25.1 Å². The molecule has 0 spiro atoms. The zero-order valence-electron chi connectivity index (χ0n) is 13.3. The van der Waals surface area contributed by atoms with Gasteiger partial charge in [0.2, 0.25) is 0 Å². The molecule has 0 aliphatic carbocycles. The highest BCUT2D eigenvalue weighted by Gasteiger charge is 2.16. The first-order chi connectivity index (χ1) is 10.2. The van der Waals surface area contributed by atoms with Crippen molar-refractivity contribution in [3.63, 3.8) is 0 Å². The van der Waals surface area contributed by atoms with Crippen LogP contribution in [0.25, 0.3) is 0 Å². The first-order valence-corrected chi connectivity index (χ1v) is 7.65. The molecule has 0 fully saturated rings. The summed E-state index contributed by atoms with van der Waals surface area (Å²) in [6.07, 6.45) is 0.831. The lowest BCUT2D eigenvalue weighted by molar-refractivity contribution is 0.890. The van der Waals surface area contributed by atoms with E-state index >= 15 is 0 Å². The summed E-state index contributed by atoms with van der Waals surface area (Å²) in [6.45, 7) is 10.1. The van der Waals surface area contributed by atoms with Crippen LogP contribution in [0.5, 0.6) is 0 Å². The van der Waals surface area contributed by atoms with E-state index in [1.165, 1.54) is 0 Å². The Labute approximate surface area is 127 Å². The van der Waals surface area contributed by atoms with E-state index in [2.05, 4.69) is 67.2 Å². The van der Waals surface area contributed by atoms with Crippen molar-refractivity contribution >= 4 is 17.3 Å². The van der Waals surface area contributed by atoms with Crippen LogP contribution in [0.15, 0.2) is 30.3 Å². The van der Waals surface area contributed by atoms with Crippen LogP contribution in [-0.2, 0) is 6.42 Å². The first kappa shape index (κ1) is 15.3. The van der Waals surface area contributed by atoms with Crippen molar-refractivity contribution in [2.75, 3.05) is 23.3 Å². The number of rotatable bonds is 6. The highest BCUT2D eigenvalue weighted by Crippen LogP contribution is 2.29. The van der Waals surface area contributed by atoms with Gasteiger partial charge in [-0.2, -0.15) is 0 Å². The molecule has 0 bridgehead atoms. The molecule has 1 heterocycles. The van der Waals surface area contributed by atoms with Crippen molar-refractivity contribution in [2.24, 2.45) is 0 Å². The Hall–Kier alpha value is -2.10. The van der Waals surface area contributed by atoms with E-state index in [9.17, 15) is 0 Å². The van der Waals surface area contributed by atoms with Gasteiger partial charge in [0.1, 0.15) is 17.5 Å². The van der Waals surface area contributed by atoms with Crippen molar-refractivity contribution in [2.45, 2.75) is 34.1 Å². The molecular weight excluding hydrogens is 260 g/mol. The SMILES string of the molecule is CCNc1nc(CC)nc(N(CC)c2ccccc2)c1C. The molecule has 1 aromatic heterocycles. The van der Waals surface area contributed by atoms with Crippen molar-refractivity contribution < 1.29 is 0 Å². The Balaban J connectivity index is 2.52. The second kappa shape index (κ2) is 7.07. The van der Waals surface area contributed by atoms with Crippen LogP contribution >= 0.6 is 0 Å². The molecule has 0 amide bonds. The van der Waals surface area contributed by atoms with E-state index in [1.807, 2.05) is 6.07 Å². The van der Waals surface area contributed by atoms with E-state index in [4.69, 9.17) is 4.98 Å². The summed E-state index contributed by atoms with van der Waals surface area (Å²) in [5.41, 5.74) is 2.26. The predicted molar refractivity (Wildman–Crippen MR) is 89.4 cm³/mol. The quantitative estimate of drug-likeness (QED) is 0.872. The number of hydrogen-bond donors (Lipinski definition) is 1. The summed E-state index contributed by atoms with van der Waals surface area (Å²) < 4.78 is 0. The van der Waals surface area contributed by atoms with Crippen LogP contribution in [0.1, 0.15) is 32.2 Å². The van der Waals surface area contributed by atoms with Crippen molar-refractivity contribution in [3.8, 4) is 0 Å². The third kappa shape index (κ3) is 3.32. The number of aromatic nitrogens is 2. The summed E-state index contributed by atoms with van der Waals surface area (Å²) in [4.78, 5) is 11.6. The third-order valence-electron chi connectivity index (χ3n) is 3.47. The lowest BCUT2D eigenvalue weighted by atomic mass is 10.2. The minimum atomic E-state index is 0.831. The smallest absolute Gasteiger partial charge is 0.141 e. The molecule has 0 atom stereocenters. The fourth-order valence-electron chi connectivity index (χ4n) is 2.37. The molecular formula is C17H24N4. The number of nitrogens with one attached hydrogen (secondary N) is 1. The maximum Gasteiger partial charge on any atom is 0.141 e. The zero-order valence-corrected chi connectivity index (χ0v) is 13.3. The Morgan fingerprint density at radius 2 is 1.76 bits per heavy atom. The van der Waals surface area contributed by atoms with Gasteiger partial charge in [0.05, 0.1) is 0 Å². The van der Waals surface area contributed by atoms with Gasteiger partial charge in [-0.3, -0.25) is 0 Å². The molecule has 1 N–H and O–H groups in total. The fraction of sp³-hybridized carbons (Fsp3) is 0.412. The first-order valence-electron chi connectivity index (χ1n) is 7.65. The van der Waals surface area contributed by atoms with Crippen molar-refractivity contribution in [3.05, 3.63) is 41.7 Å². The van der Waals surface area contributed by atoms with E-state index in [-0.39, 0.29) is 0 Å². The third-order valence-corrected chi connectivity index (χ3v) is 3.47. The molecule has 21 heavy (non-hydrogen) atoms. The van der Waals surface area contributed by atoms with Crippen molar-refractivity contribution in [1.82, 2.24) is 9.97 Å². The monoisotopic (exact) mass is 284 g/mol. The van der Waals surface area contributed by atoms with E-state index in [0.717, 1.165) is 48.2 Å². The number of nitrogens with zero attached hydrogens (tertiary/aromatic N) is 3. The molecule has 0 saturated carbocycles. The molecule has 0 aliphatic heterocycles. The standard InChI is InChI=1S/C17H24N4/c1-5-15-19-16(18-6-2)13(4)17(20-15)21(7-3)14-11-9-8-10-12-14/h8-12H,5-7H2,1-4H3,(H,18,19,20). The average Bonchev–Trinajstić information content (AvgIpc) is 2.52. The van der Waals surface area contributed by atoms with E-state index in [0.29, 0.717) is 0 Å². The summed E-state index contributed by atoms with van der Waals surface area (Å²) in [7, 11) is 0. The largest absolute Gasteiger partial charge is 0.370 e. The topological polar surface area (TPSA) is 41.1 Å². The summed E-state index contributed by atoms with van der Waals surface area (Å²) in [5, 5.41) is 3.34. The maximum atomic E-state index is 4.76. The second-order valence-corrected chi connectivity index (χ2v) is 4.90.